The molecule has 0 saturated heterocycles. The van der Waals surface area contributed by atoms with Crippen molar-refractivity contribution in [3.8, 4) is 5.88 Å². The predicted molar refractivity (Wildman–Crippen MR) is 76.2 cm³/mol. The Hall–Kier alpha value is -1.90. The fourth-order valence-corrected chi connectivity index (χ4v) is 2.89. The Morgan fingerprint density at radius 1 is 1.43 bits per heavy atom. The van der Waals surface area contributed by atoms with Crippen molar-refractivity contribution in [2.45, 2.75) is 18.0 Å². The van der Waals surface area contributed by atoms with Gasteiger partial charge in [-0.3, -0.25) is 0 Å². The fraction of sp³-hybridized carbons (Fsp3) is 0.308. The molecule has 2 heterocycles. The van der Waals surface area contributed by atoms with Crippen molar-refractivity contribution in [3.05, 3.63) is 41.9 Å². The number of rotatable bonds is 6. The van der Waals surface area contributed by atoms with Gasteiger partial charge < -0.3 is 14.4 Å². The maximum atomic E-state index is 12.2. The summed E-state index contributed by atoms with van der Waals surface area (Å²) in [5.41, 5.74) is 1.25. The smallest absolute Gasteiger partial charge is 0.242 e. The number of hydrogen-bond acceptors (Lipinski definition) is 5. The fourth-order valence-electron chi connectivity index (χ4n) is 1.78. The molecule has 0 aliphatic heterocycles. The predicted octanol–water partition coefficient (Wildman–Crippen LogP) is 0.399. The number of aliphatic hydroxyl groups excluding tert-OH is 1. The van der Waals surface area contributed by atoms with Gasteiger partial charge in [-0.2, -0.15) is 0 Å². The Morgan fingerprint density at radius 2 is 2.19 bits per heavy atom. The van der Waals surface area contributed by atoms with E-state index in [0.717, 1.165) is 5.56 Å². The molecule has 0 bridgehead atoms. The summed E-state index contributed by atoms with van der Waals surface area (Å²) in [5.74, 6) is 0.470. The number of methoxy groups -OCH3 is 1. The van der Waals surface area contributed by atoms with Gasteiger partial charge in [0.25, 0.3) is 0 Å². The van der Waals surface area contributed by atoms with E-state index in [1.807, 2.05) is 0 Å². The molecular formula is C13H17N3O4S. The first-order valence-electron chi connectivity index (χ1n) is 6.21. The summed E-state index contributed by atoms with van der Waals surface area (Å²) >= 11 is 0. The van der Waals surface area contributed by atoms with Crippen molar-refractivity contribution < 1.29 is 18.3 Å². The Bertz CT molecular complexity index is 708. The van der Waals surface area contributed by atoms with E-state index in [4.69, 9.17) is 9.84 Å². The van der Waals surface area contributed by atoms with E-state index < -0.39 is 10.0 Å². The molecule has 0 unspecified atom stereocenters. The van der Waals surface area contributed by atoms with Gasteiger partial charge in [0.2, 0.25) is 15.9 Å². The number of aryl methyl sites for hydroxylation is 1. The number of ether oxygens (including phenoxy) is 1. The summed E-state index contributed by atoms with van der Waals surface area (Å²) < 4.78 is 33.3. The molecule has 0 amide bonds. The molecule has 0 fully saturated rings. The number of nitrogens with zero attached hydrogens (tertiary/aromatic N) is 2. The zero-order valence-corrected chi connectivity index (χ0v) is 12.6. The Kier molecular flexibility index (Phi) is 4.61. The van der Waals surface area contributed by atoms with E-state index in [1.54, 1.807) is 29.9 Å². The second-order valence-corrected chi connectivity index (χ2v) is 6.24. The maximum absolute atomic E-state index is 12.2. The van der Waals surface area contributed by atoms with Gasteiger partial charge in [0, 0.05) is 37.7 Å². The van der Waals surface area contributed by atoms with E-state index in [2.05, 4.69) is 9.71 Å². The second-order valence-electron chi connectivity index (χ2n) is 4.47. The van der Waals surface area contributed by atoms with Crippen LogP contribution in [0.2, 0.25) is 0 Å². The first kappa shape index (κ1) is 15.5. The molecule has 0 saturated carbocycles. The van der Waals surface area contributed by atoms with Crippen LogP contribution in [0, 0.1) is 0 Å². The van der Waals surface area contributed by atoms with Crippen LogP contribution in [0.25, 0.3) is 0 Å². The SMILES string of the molecule is COc1ccc(CNS(=O)(=O)c2cc(CO)n(C)c2)cn1. The minimum atomic E-state index is -3.63. The van der Waals surface area contributed by atoms with Crippen LogP contribution in [-0.4, -0.2) is 30.2 Å². The van der Waals surface area contributed by atoms with Gasteiger partial charge in [0.1, 0.15) is 0 Å². The average Bonchev–Trinajstić information content (AvgIpc) is 2.88. The molecule has 0 radical (unpaired) electrons. The van der Waals surface area contributed by atoms with Gasteiger partial charge in [0.15, 0.2) is 0 Å². The number of hydrogen-bond donors (Lipinski definition) is 2. The highest BCUT2D eigenvalue weighted by molar-refractivity contribution is 7.89. The van der Waals surface area contributed by atoms with Crippen LogP contribution in [0.3, 0.4) is 0 Å². The molecule has 2 aromatic rings. The van der Waals surface area contributed by atoms with E-state index in [1.165, 1.54) is 19.4 Å². The molecule has 2 N–H and O–H groups in total. The molecular weight excluding hydrogens is 294 g/mol. The number of aliphatic hydroxyl groups is 1. The van der Waals surface area contributed by atoms with E-state index >= 15 is 0 Å². The summed E-state index contributed by atoms with van der Waals surface area (Å²) in [6.45, 7) is -0.0862. The zero-order chi connectivity index (χ0) is 15.5. The third kappa shape index (κ3) is 3.60. The molecule has 0 aliphatic rings. The molecule has 0 aliphatic carbocycles. The van der Waals surface area contributed by atoms with Gasteiger partial charge in [-0.25, -0.2) is 18.1 Å². The lowest BCUT2D eigenvalue weighted by Gasteiger charge is -2.05. The highest BCUT2D eigenvalue weighted by atomic mass is 32.2. The summed E-state index contributed by atoms with van der Waals surface area (Å²) in [7, 11) is -0.436. The normalized spacial score (nSPS) is 11.6. The quantitative estimate of drug-likeness (QED) is 0.805. The third-order valence-electron chi connectivity index (χ3n) is 3.03. The van der Waals surface area contributed by atoms with Crippen LogP contribution in [0.1, 0.15) is 11.3 Å². The lowest BCUT2D eigenvalue weighted by molar-refractivity contribution is 0.272. The van der Waals surface area contributed by atoms with E-state index in [0.29, 0.717) is 11.6 Å². The Morgan fingerprint density at radius 3 is 2.71 bits per heavy atom. The maximum Gasteiger partial charge on any atom is 0.242 e. The first-order valence-corrected chi connectivity index (χ1v) is 7.69. The van der Waals surface area contributed by atoms with Crippen LogP contribution >= 0.6 is 0 Å². The monoisotopic (exact) mass is 311 g/mol. The summed E-state index contributed by atoms with van der Waals surface area (Å²) in [5, 5.41) is 9.10. The minimum Gasteiger partial charge on any atom is -0.481 e. The van der Waals surface area contributed by atoms with Gasteiger partial charge in [-0.05, 0) is 11.6 Å². The van der Waals surface area contributed by atoms with Crippen molar-refractivity contribution in [1.82, 2.24) is 14.3 Å². The largest absolute Gasteiger partial charge is 0.481 e. The van der Waals surface area contributed by atoms with Gasteiger partial charge >= 0.3 is 0 Å². The van der Waals surface area contributed by atoms with Gasteiger partial charge in [0.05, 0.1) is 18.6 Å². The lowest BCUT2D eigenvalue weighted by Crippen LogP contribution is -2.23. The first-order chi connectivity index (χ1) is 9.96. The van der Waals surface area contributed by atoms with Crippen molar-refractivity contribution in [3.63, 3.8) is 0 Å². The number of sulfonamides is 1. The lowest BCUT2D eigenvalue weighted by atomic mass is 10.3. The Balaban J connectivity index is 2.09. The molecule has 0 aromatic carbocycles. The number of pyridine rings is 1. The van der Waals surface area contributed by atoms with Gasteiger partial charge in [-0.1, -0.05) is 6.07 Å². The summed E-state index contributed by atoms with van der Waals surface area (Å²) in [4.78, 5) is 4.13. The van der Waals surface area contributed by atoms with Crippen molar-refractivity contribution in [2.24, 2.45) is 7.05 Å². The highest BCUT2D eigenvalue weighted by Gasteiger charge is 2.17. The van der Waals surface area contributed by atoms with Crippen LogP contribution in [-0.2, 0) is 30.2 Å². The minimum absolute atomic E-state index is 0.121. The second kappa shape index (κ2) is 6.25. The molecule has 8 heteroatoms. The molecule has 2 aromatic heterocycles. The number of aromatic nitrogens is 2. The number of nitrogens with one attached hydrogen (secondary N) is 1. The topological polar surface area (TPSA) is 93.5 Å². The molecule has 21 heavy (non-hydrogen) atoms. The van der Waals surface area contributed by atoms with Crippen LogP contribution < -0.4 is 9.46 Å². The molecule has 114 valence electrons. The van der Waals surface area contributed by atoms with Crippen LogP contribution in [0.5, 0.6) is 5.88 Å². The van der Waals surface area contributed by atoms with Crippen molar-refractivity contribution in [1.29, 1.82) is 0 Å². The molecule has 0 spiro atoms. The molecule has 0 atom stereocenters. The Labute approximate surface area is 123 Å². The van der Waals surface area contributed by atoms with Crippen LogP contribution in [0.15, 0.2) is 35.5 Å². The van der Waals surface area contributed by atoms with Crippen molar-refractivity contribution in [2.75, 3.05) is 7.11 Å². The summed E-state index contributed by atoms with van der Waals surface area (Å²) in [6, 6.07) is 4.84. The average molecular weight is 311 g/mol. The van der Waals surface area contributed by atoms with Crippen molar-refractivity contribution >= 4 is 10.0 Å². The van der Waals surface area contributed by atoms with E-state index in [-0.39, 0.29) is 18.0 Å². The van der Waals surface area contributed by atoms with Crippen LogP contribution in [0.4, 0.5) is 0 Å². The standard InChI is InChI=1S/C13H17N3O4S/c1-16-8-12(5-11(16)9-17)21(18,19)15-7-10-3-4-13(20-2)14-6-10/h3-6,8,15,17H,7,9H2,1-2H3. The van der Waals surface area contributed by atoms with E-state index in [9.17, 15) is 8.42 Å². The molecule has 2 rings (SSSR count). The third-order valence-corrected chi connectivity index (χ3v) is 4.40. The molecule has 7 nitrogen and oxygen atoms in total. The summed E-state index contributed by atoms with van der Waals surface area (Å²) in [6.07, 6.45) is 3.01. The highest BCUT2D eigenvalue weighted by Crippen LogP contribution is 2.14. The zero-order valence-electron chi connectivity index (χ0n) is 11.8. The van der Waals surface area contributed by atoms with Gasteiger partial charge in [-0.15, -0.1) is 0 Å².